The van der Waals surface area contributed by atoms with Gasteiger partial charge in [-0.15, -0.1) is 0 Å². The Morgan fingerprint density at radius 3 is 2.05 bits per heavy atom. The first-order valence-corrected chi connectivity index (χ1v) is 5.92. The summed E-state index contributed by atoms with van der Waals surface area (Å²) in [5, 5.41) is 10.6. The number of nitrogens with zero attached hydrogens (tertiary/aromatic N) is 2. The molecular formula is C14H7FN2O4. The predicted octanol–water partition coefficient (Wildman–Crippen LogP) is 2.53. The fraction of sp³-hybridized carbons (Fsp3) is 0. The van der Waals surface area contributed by atoms with Crippen LogP contribution in [-0.4, -0.2) is 16.7 Å². The lowest BCUT2D eigenvalue weighted by Crippen LogP contribution is -2.29. The second-order valence-electron chi connectivity index (χ2n) is 4.38. The molecule has 0 radical (unpaired) electrons. The summed E-state index contributed by atoms with van der Waals surface area (Å²) in [5.74, 6) is -2.26. The van der Waals surface area contributed by atoms with Crippen molar-refractivity contribution in [3.8, 4) is 0 Å². The number of rotatable bonds is 2. The van der Waals surface area contributed by atoms with E-state index in [4.69, 9.17) is 0 Å². The molecule has 2 amide bonds. The number of carbonyl (C=O) groups excluding carboxylic acids is 2. The van der Waals surface area contributed by atoms with Gasteiger partial charge in [0.2, 0.25) is 5.82 Å². The zero-order chi connectivity index (χ0) is 15.1. The van der Waals surface area contributed by atoms with Crippen molar-refractivity contribution in [3.05, 3.63) is 69.5 Å². The van der Waals surface area contributed by atoms with E-state index in [2.05, 4.69) is 0 Å². The minimum atomic E-state index is -1.10. The van der Waals surface area contributed by atoms with Crippen LogP contribution in [0.15, 0.2) is 42.5 Å². The fourth-order valence-electron chi connectivity index (χ4n) is 2.21. The van der Waals surface area contributed by atoms with E-state index in [0.29, 0.717) is 0 Å². The maximum atomic E-state index is 13.6. The minimum absolute atomic E-state index is 0.0377. The summed E-state index contributed by atoms with van der Waals surface area (Å²) in [6, 6.07) is 9.12. The number of nitro groups is 1. The maximum Gasteiger partial charge on any atom is 0.304 e. The number of hydrogen-bond donors (Lipinski definition) is 0. The highest BCUT2D eigenvalue weighted by Crippen LogP contribution is 2.30. The SMILES string of the molecule is O=C1c2ccccc2C(=O)N1c1ccc([N+](=O)[O-])c(F)c1. The molecule has 1 aliphatic rings. The number of fused-ring (bicyclic) bond motifs is 1. The third-order valence-electron chi connectivity index (χ3n) is 3.18. The molecule has 0 atom stereocenters. The number of benzene rings is 2. The molecule has 2 aromatic rings. The van der Waals surface area contributed by atoms with E-state index in [9.17, 15) is 24.1 Å². The summed E-state index contributed by atoms with van der Waals surface area (Å²) in [5.41, 5.74) is -0.304. The summed E-state index contributed by atoms with van der Waals surface area (Å²) in [4.78, 5) is 34.9. The molecule has 3 rings (SSSR count). The third-order valence-corrected chi connectivity index (χ3v) is 3.18. The molecule has 0 saturated carbocycles. The molecule has 2 aromatic carbocycles. The Bertz CT molecular complexity index is 768. The highest BCUT2D eigenvalue weighted by Gasteiger charge is 2.36. The van der Waals surface area contributed by atoms with E-state index in [1.54, 1.807) is 12.1 Å². The van der Waals surface area contributed by atoms with Crippen molar-refractivity contribution >= 4 is 23.2 Å². The van der Waals surface area contributed by atoms with Crippen molar-refractivity contribution in [2.75, 3.05) is 4.90 Å². The second kappa shape index (κ2) is 4.48. The molecule has 1 heterocycles. The first-order chi connectivity index (χ1) is 10.0. The molecule has 0 aromatic heterocycles. The quantitative estimate of drug-likeness (QED) is 0.482. The van der Waals surface area contributed by atoms with Crippen molar-refractivity contribution in [3.63, 3.8) is 0 Å². The lowest BCUT2D eigenvalue weighted by Gasteiger charge is -2.13. The summed E-state index contributed by atoms with van der Waals surface area (Å²) in [7, 11) is 0. The number of halogens is 1. The topological polar surface area (TPSA) is 80.5 Å². The highest BCUT2D eigenvalue weighted by molar-refractivity contribution is 6.34. The monoisotopic (exact) mass is 286 g/mol. The Balaban J connectivity index is 2.07. The standard InChI is InChI=1S/C14H7FN2O4/c15-11-7-8(5-6-12(11)17(20)21)16-13(18)9-3-1-2-4-10(9)14(16)19/h1-7H. The van der Waals surface area contributed by atoms with Crippen LogP contribution in [0.3, 0.4) is 0 Å². The van der Waals surface area contributed by atoms with Crippen LogP contribution in [0.25, 0.3) is 0 Å². The average molecular weight is 286 g/mol. The van der Waals surface area contributed by atoms with Gasteiger partial charge in [0, 0.05) is 12.1 Å². The van der Waals surface area contributed by atoms with Gasteiger partial charge in [0.1, 0.15) is 0 Å². The minimum Gasteiger partial charge on any atom is -0.268 e. The summed E-state index contributed by atoms with van der Waals surface area (Å²) >= 11 is 0. The molecule has 0 fully saturated rings. The number of hydrogen-bond acceptors (Lipinski definition) is 4. The van der Waals surface area contributed by atoms with Gasteiger partial charge in [-0.05, 0) is 18.2 Å². The zero-order valence-electron chi connectivity index (χ0n) is 10.4. The number of carbonyl (C=O) groups is 2. The van der Waals surface area contributed by atoms with E-state index < -0.39 is 28.2 Å². The number of nitro benzene ring substituents is 1. The Labute approximate surface area is 117 Å². The molecule has 1 aliphatic heterocycles. The van der Waals surface area contributed by atoms with Crippen LogP contribution in [0.4, 0.5) is 15.8 Å². The molecule has 7 heteroatoms. The van der Waals surface area contributed by atoms with Gasteiger partial charge in [-0.1, -0.05) is 12.1 Å². The van der Waals surface area contributed by atoms with E-state index in [-0.39, 0.29) is 16.8 Å². The van der Waals surface area contributed by atoms with Crippen LogP contribution >= 0.6 is 0 Å². The van der Waals surface area contributed by atoms with Gasteiger partial charge < -0.3 is 0 Å². The van der Waals surface area contributed by atoms with Crippen molar-refractivity contribution in [2.45, 2.75) is 0 Å². The van der Waals surface area contributed by atoms with Gasteiger partial charge in [0.25, 0.3) is 11.8 Å². The van der Waals surface area contributed by atoms with Crippen LogP contribution in [0.5, 0.6) is 0 Å². The molecule has 0 saturated heterocycles. The zero-order valence-corrected chi connectivity index (χ0v) is 10.4. The highest BCUT2D eigenvalue weighted by atomic mass is 19.1. The van der Waals surface area contributed by atoms with E-state index in [1.807, 2.05) is 0 Å². The van der Waals surface area contributed by atoms with Crippen molar-refractivity contribution in [2.24, 2.45) is 0 Å². The Hall–Kier alpha value is -3.09. The van der Waals surface area contributed by atoms with E-state index in [1.165, 1.54) is 18.2 Å². The molecule has 0 N–H and O–H groups in total. The van der Waals surface area contributed by atoms with Crippen LogP contribution in [0.2, 0.25) is 0 Å². The summed E-state index contributed by atoms with van der Waals surface area (Å²) < 4.78 is 13.6. The first kappa shape index (κ1) is 12.9. The fourth-order valence-corrected chi connectivity index (χ4v) is 2.21. The molecule has 0 bridgehead atoms. The molecule has 0 spiro atoms. The molecule has 0 aliphatic carbocycles. The molecule has 6 nitrogen and oxygen atoms in total. The Morgan fingerprint density at radius 2 is 1.57 bits per heavy atom. The van der Waals surface area contributed by atoms with Crippen LogP contribution in [0, 0.1) is 15.9 Å². The van der Waals surface area contributed by atoms with Gasteiger partial charge in [-0.25, -0.2) is 4.90 Å². The molecule has 0 unspecified atom stereocenters. The normalized spacial score (nSPS) is 13.5. The lowest BCUT2D eigenvalue weighted by molar-refractivity contribution is -0.387. The first-order valence-electron chi connectivity index (χ1n) is 5.92. The smallest absolute Gasteiger partial charge is 0.268 e. The third kappa shape index (κ3) is 1.86. The van der Waals surface area contributed by atoms with Crippen molar-refractivity contribution < 1.29 is 18.9 Å². The molecular weight excluding hydrogens is 279 g/mol. The van der Waals surface area contributed by atoms with Crippen LogP contribution in [0.1, 0.15) is 20.7 Å². The second-order valence-corrected chi connectivity index (χ2v) is 4.38. The van der Waals surface area contributed by atoms with E-state index >= 15 is 0 Å². The average Bonchev–Trinajstić information content (AvgIpc) is 2.71. The lowest BCUT2D eigenvalue weighted by atomic mass is 10.1. The Kier molecular flexibility index (Phi) is 2.76. The van der Waals surface area contributed by atoms with E-state index in [0.717, 1.165) is 17.0 Å². The van der Waals surface area contributed by atoms with Gasteiger partial charge in [-0.3, -0.25) is 19.7 Å². The predicted molar refractivity (Wildman–Crippen MR) is 70.6 cm³/mol. The number of imide groups is 1. The summed E-state index contributed by atoms with van der Waals surface area (Å²) in [6.45, 7) is 0. The molecule has 104 valence electrons. The molecule has 21 heavy (non-hydrogen) atoms. The van der Waals surface area contributed by atoms with Gasteiger partial charge in [0.05, 0.1) is 21.7 Å². The van der Waals surface area contributed by atoms with Crippen LogP contribution < -0.4 is 4.90 Å². The van der Waals surface area contributed by atoms with Gasteiger partial charge in [-0.2, -0.15) is 4.39 Å². The number of amides is 2. The van der Waals surface area contributed by atoms with Crippen LogP contribution in [-0.2, 0) is 0 Å². The largest absolute Gasteiger partial charge is 0.304 e. The maximum absolute atomic E-state index is 13.6. The Morgan fingerprint density at radius 1 is 1.00 bits per heavy atom. The number of anilines is 1. The van der Waals surface area contributed by atoms with Gasteiger partial charge >= 0.3 is 5.69 Å². The van der Waals surface area contributed by atoms with Crippen molar-refractivity contribution in [1.29, 1.82) is 0 Å². The van der Waals surface area contributed by atoms with Gasteiger partial charge in [0.15, 0.2) is 0 Å². The summed E-state index contributed by atoms with van der Waals surface area (Å²) in [6.07, 6.45) is 0. The van der Waals surface area contributed by atoms with Crippen molar-refractivity contribution in [1.82, 2.24) is 0 Å².